The molecule has 0 unspecified atom stereocenters. The molecule has 2 heterocycles. The van der Waals surface area contributed by atoms with Crippen LogP contribution in [-0.2, 0) is 0 Å². The first-order valence-electron chi connectivity index (χ1n) is 9.45. The van der Waals surface area contributed by atoms with Gasteiger partial charge in [0.05, 0.1) is 5.69 Å². The number of carbonyl (C=O) groups is 1. The van der Waals surface area contributed by atoms with Crippen molar-refractivity contribution in [2.24, 2.45) is 0 Å². The van der Waals surface area contributed by atoms with Gasteiger partial charge in [0, 0.05) is 31.4 Å². The quantitative estimate of drug-likeness (QED) is 0.709. The van der Waals surface area contributed by atoms with Gasteiger partial charge < -0.3 is 10.2 Å². The Kier molecular flexibility index (Phi) is 5.30. The number of benzene rings is 2. The number of nitrogens with zero attached hydrogens (tertiary/aromatic N) is 2. The van der Waals surface area contributed by atoms with Crippen LogP contribution in [-0.4, -0.2) is 47.2 Å². The molecule has 1 amide bonds. The molecule has 1 aromatic heterocycles. The summed E-state index contributed by atoms with van der Waals surface area (Å²) >= 11 is 0. The third-order valence-corrected chi connectivity index (χ3v) is 5.22. The first kappa shape index (κ1) is 17.5. The third-order valence-electron chi connectivity index (χ3n) is 5.22. The molecule has 1 fully saturated rings. The maximum absolute atomic E-state index is 12.4. The fourth-order valence-electron chi connectivity index (χ4n) is 3.68. The molecule has 3 aromatic rings. The molecule has 0 bridgehead atoms. The minimum Gasteiger partial charge on any atom is -0.351 e. The van der Waals surface area contributed by atoms with Crippen molar-refractivity contribution in [3.05, 3.63) is 78.0 Å². The molecule has 0 radical (unpaired) electrons. The Morgan fingerprint density at radius 3 is 2.67 bits per heavy atom. The van der Waals surface area contributed by atoms with Gasteiger partial charge in [0.25, 0.3) is 5.91 Å². The van der Waals surface area contributed by atoms with Gasteiger partial charge in [-0.3, -0.25) is 9.89 Å². The number of aromatic amines is 1. The maximum atomic E-state index is 12.4. The normalized spacial score (nSPS) is 17.1. The van der Waals surface area contributed by atoms with Crippen LogP contribution in [0.1, 0.15) is 28.3 Å². The molecule has 2 N–H and O–H groups in total. The predicted octanol–water partition coefficient (Wildman–Crippen LogP) is 3.30. The van der Waals surface area contributed by atoms with Crippen LogP contribution in [0, 0.1) is 0 Å². The smallest absolute Gasteiger partial charge is 0.251 e. The van der Waals surface area contributed by atoms with E-state index in [4.69, 9.17) is 0 Å². The van der Waals surface area contributed by atoms with Crippen molar-refractivity contribution in [2.45, 2.75) is 12.3 Å². The van der Waals surface area contributed by atoms with Gasteiger partial charge in [0.1, 0.15) is 0 Å². The van der Waals surface area contributed by atoms with Crippen LogP contribution in [0.3, 0.4) is 0 Å². The number of hydrogen-bond donors (Lipinski definition) is 2. The monoisotopic (exact) mass is 360 g/mol. The standard InChI is InChI=1S/C22H24N4O/c27-22(19-8-6-18(7-9-19)21-10-12-24-25-21)23-13-15-26-14-11-20(16-26)17-4-2-1-3-5-17/h1-10,12,20H,11,13-16H2,(H,23,27)(H,24,25)/t20-/m1/s1. The van der Waals surface area contributed by atoms with Gasteiger partial charge >= 0.3 is 0 Å². The minimum absolute atomic E-state index is 0.0232. The van der Waals surface area contributed by atoms with Crippen molar-refractivity contribution in [3.8, 4) is 11.3 Å². The molecule has 1 aliphatic rings. The zero-order chi connectivity index (χ0) is 18.5. The van der Waals surface area contributed by atoms with Gasteiger partial charge in [0.15, 0.2) is 0 Å². The maximum Gasteiger partial charge on any atom is 0.251 e. The predicted molar refractivity (Wildman–Crippen MR) is 107 cm³/mol. The molecule has 1 aliphatic heterocycles. The Bertz CT molecular complexity index is 859. The van der Waals surface area contributed by atoms with E-state index < -0.39 is 0 Å². The Morgan fingerprint density at radius 2 is 1.93 bits per heavy atom. The SMILES string of the molecule is O=C(NCCN1CC[C@@H](c2ccccc2)C1)c1ccc(-c2ccn[nH]2)cc1. The number of carbonyl (C=O) groups excluding carboxylic acids is 1. The molecular formula is C22H24N4O. The van der Waals surface area contributed by atoms with E-state index in [2.05, 4.69) is 50.7 Å². The van der Waals surface area contributed by atoms with Gasteiger partial charge in [-0.05, 0) is 48.2 Å². The number of likely N-dealkylation sites (tertiary alicyclic amines) is 1. The van der Waals surface area contributed by atoms with Crippen LogP contribution in [0.2, 0.25) is 0 Å². The lowest BCUT2D eigenvalue weighted by Gasteiger charge is -2.16. The zero-order valence-corrected chi connectivity index (χ0v) is 15.3. The van der Waals surface area contributed by atoms with Crippen LogP contribution in [0.5, 0.6) is 0 Å². The van der Waals surface area contributed by atoms with E-state index in [0.29, 0.717) is 18.0 Å². The third kappa shape index (κ3) is 4.26. The lowest BCUT2D eigenvalue weighted by atomic mass is 9.99. The number of nitrogens with one attached hydrogen (secondary N) is 2. The minimum atomic E-state index is -0.0232. The van der Waals surface area contributed by atoms with E-state index in [9.17, 15) is 4.79 Å². The topological polar surface area (TPSA) is 61.0 Å². The van der Waals surface area contributed by atoms with Gasteiger partial charge in [-0.1, -0.05) is 42.5 Å². The Balaban J connectivity index is 1.24. The Morgan fingerprint density at radius 1 is 1.11 bits per heavy atom. The highest BCUT2D eigenvalue weighted by Crippen LogP contribution is 2.26. The van der Waals surface area contributed by atoms with Crippen molar-refractivity contribution in [3.63, 3.8) is 0 Å². The van der Waals surface area contributed by atoms with Gasteiger partial charge in [0.2, 0.25) is 0 Å². The number of H-pyrrole nitrogens is 1. The molecule has 0 aliphatic carbocycles. The summed E-state index contributed by atoms with van der Waals surface area (Å²) in [6.45, 7) is 3.72. The second-order valence-corrected chi connectivity index (χ2v) is 7.00. The molecular weight excluding hydrogens is 336 g/mol. The Labute approximate surface area is 159 Å². The second kappa shape index (κ2) is 8.18. The highest BCUT2D eigenvalue weighted by molar-refractivity contribution is 5.94. The van der Waals surface area contributed by atoms with Crippen molar-refractivity contribution in [1.82, 2.24) is 20.4 Å². The van der Waals surface area contributed by atoms with Crippen molar-refractivity contribution in [2.75, 3.05) is 26.2 Å². The number of hydrogen-bond acceptors (Lipinski definition) is 3. The number of aromatic nitrogens is 2. The van der Waals surface area contributed by atoms with Crippen molar-refractivity contribution < 1.29 is 4.79 Å². The molecule has 1 saturated heterocycles. The van der Waals surface area contributed by atoms with Gasteiger partial charge in [-0.25, -0.2) is 0 Å². The summed E-state index contributed by atoms with van der Waals surface area (Å²) in [5.41, 5.74) is 4.07. The molecule has 0 saturated carbocycles. The van der Waals surface area contributed by atoms with Crippen molar-refractivity contribution >= 4 is 5.91 Å². The summed E-state index contributed by atoms with van der Waals surface area (Å²) in [6.07, 6.45) is 2.91. The molecule has 138 valence electrons. The zero-order valence-electron chi connectivity index (χ0n) is 15.3. The van der Waals surface area contributed by atoms with Crippen LogP contribution >= 0.6 is 0 Å². The first-order valence-corrected chi connectivity index (χ1v) is 9.45. The summed E-state index contributed by atoms with van der Waals surface area (Å²) in [4.78, 5) is 14.8. The van der Waals surface area contributed by atoms with E-state index in [1.54, 1.807) is 6.20 Å². The summed E-state index contributed by atoms with van der Waals surface area (Å²) in [6, 6.07) is 20.2. The van der Waals surface area contributed by atoms with Crippen LogP contribution in [0.15, 0.2) is 66.9 Å². The van der Waals surface area contributed by atoms with Crippen LogP contribution in [0.25, 0.3) is 11.3 Å². The molecule has 5 nitrogen and oxygen atoms in total. The van der Waals surface area contributed by atoms with E-state index >= 15 is 0 Å². The summed E-state index contributed by atoms with van der Waals surface area (Å²) < 4.78 is 0. The van der Waals surface area contributed by atoms with E-state index in [0.717, 1.165) is 30.9 Å². The summed E-state index contributed by atoms with van der Waals surface area (Å²) in [5.74, 6) is 0.585. The number of amides is 1. The lowest BCUT2D eigenvalue weighted by molar-refractivity contribution is 0.0949. The molecule has 0 spiro atoms. The summed E-state index contributed by atoms with van der Waals surface area (Å²) in [7, 11) is 0. The highest BCUT2D eigenvalue weighted by atomic mass is 16.1. The summed E-state index contributed by atoms with van der Waals surface area (Å²) in [5, 5.41) is 9.91. The molecule has 4 rings (SSSR count). The highest BCUT2D eigenvalue weighted by Gasteiger charge is 2.23. The van der Waals surface area contributed by atoms with E-state index in [1.807, 2.05) is 30.3 Å². The van der Waals surface area contributed by atoms with E-state index in [1.165, 1.54) is 12.0 Å². The van der Waals surface area contributed by atoms with Crippen LogP contribution < -0.4 is 5.32 Å². The largest absolute Gasteiger partial charge is 0.351 e. The molecule has 2 aromatic carbocycles. The average molecular weight is 360 g/mol. The Hall–Kier alpha value is -2.92. The van der Waals surface area contributed by atoms with Crippen LogP contribution in [0.4, 0.5) is 0 Å². The molecule has 5 heteroatoms. The number of rotatable bonds is 6. The molecule has 27 heavy (non-hydrogen) atoms. The first-order chi connectivity index (χ1) is 13.3. The lowest BCUT2D eigenvalue weighted by Crippen LogP contribution is -2.33. The van der Waals surface area contributed by atoms with Gasteiger partial charge in [-0.2, -0.15) is 5.10 Å². The van der Waals surface area contributed by atoms with E-state index in [-0.39, 0.29) is 5.91 Å². The van der Waals surface area contributed by atoms with Gasteiger partial charge in [-0.15, -0.1) is 0 Å². The fraction of sp³-hybridized carbons (Fsp3) is 0.273. The average Bonchev–Trinajstić information content (AvgIpc) is 3.41. The second-order valence-electron chi connectivity index (χ2n) is 7.00. The van der Waals surface area contributed by atoms with Crippen molar-refractivity contribution in [1.29, 1.82) is 0 Å². The fourth-order valence-corrected chi connectivity index (χ4v) is 3.68. The molecule has 1 atom stereocenters.